The first-order valence-electron chi connectivity index (χ1n) is 7.90. The first-order chi connectivity index (χ1) is 11.5. The largest absolute Gasteiger partial charge is 0.497 e. The summed E-state index contributed by atoms with van der Waals surface area (Å²) in [6.07, 6.45) is 1.03. The molecule has 0 heterocycles. The number of carbonyl (C=O) groups is 1. The minimum atomic E-state index is -0.271. The van der Waals surface area contributed by atoms with Gasteiger partial charge in [-0.3, -0.25) is 10.1 Å². The number of hydrogen-bond acceptors (Lipinski definition) is 3. The average Bonchev–Trinajstić information content (AvgIpc) is 2.61. The predicted molar refractivity (Wildman–Crippen MR) is 102 cm³/mol. The Bertz CT molecular complexity index is 731. The molecule has 0 fully saturated rings. The van der Waals surface area contributed by atoms with Crippen LogP contribution < -0.4 is 15.4 Å². The molecule has 24 heavy (non-hydrogen) atoms. The second-order valence-corrected chi connectivity index (χ2v) is 5.94. The molecule has 0 aliphatic rings. The van der Waals surface area contributed by atoms with E-state index in [1.54, 1.807) is 31.4 Å². The molecule has 0 saturated heterocycles. The van der Waals surface area contributed by atoms with Crippen LogP contribution in [0.3, 0.4) is 0 Å². The van der Waals surface area contributed by atoms with Crippen molar-refractivity contribution in [3.8, 4) is 5.75 Å². The van der Waals surface area contributed by atoms with Crippen molar-refractivity contribution in [1.82, 2.24) is 5.32 Å². The van der Waals surface area contributed by atoms with Crippen molar-refractivity contribution < 1.29 is 9.53 Å². The third-order valence-corrected chi connectivity index (χ3v) is 4.12. The van der Waals surface area contributed by atoms with Crippen molar-refractivity contribution in [3.05, 3.63) is 59.7 Å². The fourth-order valence-corrected chi connectivity index (χ4v) is 2.56. The summed E-state index contributed by atoms with van der Waals surface area (Å²) in [7, 11) is 1.56. The van der Waals surface area contributed by atoms with Crippen LogP contribution in [0, 0.1) is 0 Å². The Morgan fingerprint density at radius 2 is 1.96 bits per heavy atom. The zero-order chi connectivity index (χ0) is 17.5. The first kappa shape index (κ1) is 17.9. The van der Waals surface area contributed by atoms with Crippen molar-refractivity contribution in [2.75, 3.05) is 12.4 Å². The molecule has 0 saturated carbocycles. The lowest BCUT2D eigenvalue weighted by Crippen LogP contribution is -2.34. The van der Waals surface area contributed by atoms with Gasteiger partial charge in [0.15, 0.2) is 5.11 Å². The van der Waals surface area contributed by atoms with Gasteiger partial charge in [0.2, 0.25) is 0 Å². The molecular formula is C19H22N2O2S. The normalized spacial score (nSPS) is 11.5. The number of hydrogen-bond donors (Lipinski definition) is 2. The molecule has 0 aliphatic carbocycles. The van der Waals surface area contributed by atoms with E-state index >= 15 is 0 Å². The fraction of sp³-hybridized carbons (Fsp3) is 0.263. The molecule has 1 amide bonds. The van der Waals surface area contributed by atoms with E-state index in [9.17, 15) is 4.79 Å². The lowest BCUT2D eigenvalue weighted by molar-refractivity contribution is 0.0977. The second kappa shape index (κ2) is 8.45. The van der Waals surface area contributed by atoms with Crippen LogP contribution in [0.4, 0.5) is 5.69 Å². The summed E-state index contributed by atoms with van der Waals surface area (Å²) >= 11 is 5.28. The van der Waals surface area contributed by atoms with Gasteiger partial charge in [-0.1, -0.05) is 38.1 Å². The Hall–Kier alpha value is -2.40. The van der Waals surface area contributed by atoms with Gasteiger partial charge in [0, 0.05) is 11.3 Å². The summed E-state index contributed by atoms with van der Waals surface area (Å²) in [5.41, 5.74) is 2.59. The molecule has 0 unspecified atom stereocenters. The minimum Gasteiger partial charge on any atom is -0.497 e. The van der Waals surface area contributed by atoms with Crippen LogP contribution in [0.15, 0.2) is 48.5 Å². The number of thiocarbonyl (C=S) groups is 1. The van der Waals surface area contributed by atoms with Crippen LogP contribution in [-0.4, -0.2) is 18.1 Å². The maximum atomic E-state index is 12.3. The Kier molecular flexibility index (Phi) is 6.32. The molecule has 5 heteroatoms. The molecule has 0 aromatic heterocycles. The Balaban J connectivity index is 2.07. The molecule has 0 spiro atoms. The molecule has 0 radical (unpaired) electrons. The van der Waals surface area contributed by atoms with Gasteiger partial charge in [0.25, 0.3) is 5.91 Å². The van der Waals surface area contributed by atoms with Gasteiger partial charge in [-0.05, 0) is 54.4 Å². The zero-order valence-electron chi connectivity index (χ0n) is 14.1. The minimum absolute atomic E-state index is 0.271. The van der Waals surface area contributed by atoms with Crippen LogP contribution in [0.1, 0.15) is 42.1 Å². The smallest absolute Gasteiger partial charge is 0.257 e. The number of para-hydroxylation sites is 1. The number of rotatable bonds is 5. The number of carbonyl (C=O) groups excluding carboxylic acids is 1. The summed E-state index contributed by atoms with van der Waals surface area (Å²) in [6, 6.07) is 14.9. The van der Waals surface area contributed by atoms with Crippen LogP contribution in [0.5, 0.6) is 5.75 Å². The Morgan fingerprint density at radius 3 is 2.67 bits per heavy atom. The number of methoxy groups -OCH3 is 1. The molecule has 0 aliphatic heterocycles. The average molecular weight is 342 g/mol. The molecule has 4 nitrogen and oxygen atoms in total. The molecule has 0 bridgehead atoms. The highest BCUT2D eigenvalue weighted by molar-refractivity contribution is 7.80. The first-order valence-corrected chi connectivity index (χ1v) is 8.31. The highest BCUT2D eigenvalue weighted by Gasteiger charge is 2.12. The lowest BCUT2D eigenvalue weighted by Gasteiger charge is -2.17. The van der Waals surface area contributed by atoms with Crippen molar-refractivity contribution in [3.63, 3.8) is 0 Å². The molecule has 2 rings (SSSR count). The van der Waals surface area contributed by atoms with Gasteiger partial charge in [0.05, 0.1) is 7.11 Å². The standard InChI is InChI=1S/C19H22N2O2S/c1-4-13(2)16-10-5-6-11-17(16)20-19(24)21-18(22)14-8-7-9-15(12-14)23-3/h5-13H,4H2,1-3H3,(H2,20,21,22,24)/t13-/m1/s1. The van der Waals surface area contributed by atoms with E-state index in [1.165, 1.54) is 5.56 Å². The van der Waals surface area contributed by atoms with E-state index in [4.69, 9.17) is 17.0 Å². The van der Waals surface area contributed by atoms with E-state index in [2.05, 4.69) is 30.5 Å². The monoisotopic (exact) mass is 342 g/mol. The third kappa shape index (κ3) is 4.55. The Labute approximate surface area is 148 Å². The van der Waals surface area contributed by atoms with Crippen LogP contribution in [-0.2, 0) is 0 Å². The zero-order valence-corrected chi connectivity index (χ0v) is 14.9. The van der Waals surface area contributed by atoms with Crippen LogP contribution >= 0.6 is 12.2 Å². The second-order valence-electron chi connectivity index (χ2n) is 5.54. The molecule has 126 valence electrons. The van der Waals surface area contributed by atoms with Crippen LogP contribution in [0.2, 0.25) is 0 Å². The topological polar surface area (TPSA) is 50.4 Å². The quantitative estimate of drug-likeness (QED) is 0.794. The number of anilines is 1. The SMILES string of the molecule is CC[C@@H](C)c1ccccc1NC(=S)NC(=O)c1cccc(OC)c1. The maximum Gasteiger partial charge on any atom is 0.257 e. The van der Waals surface area contributed by atoms with Crippen molar-refractivity contribution in [2.45, 2.75) is 26.2 Å². The number of benzene rings is 2. The van der Waals surface area contributed by atoms with Crippen molar-refractivity contribution >= 4 is 28.9 Å². The van der Waals surface area contributed by atoms with Gasteiger partial charge >= 0.3 is 0 Å². The van der Waals surface area contributed by atoms with Gasteiger partial charge in [-0.25, -0.2) is 0 Å². The van der Waals surface area contributed by atoms with E-state index in [0.717, 1.165) is 12.1 Å². The van der Waals surface area contributed by atoms with Gasteiger partial charge in [-0.2, -0.15) is 0 Å². The molecule has 2 N–H and O–H groups in total. The van der Waals surface area contributed by atoms with Crippen molar-refractivity contribution in [1.29, 1.82) is 0 Å². The summed E-state index contributed by atoms with van der Waals surface area (Å²) in [4.78, 5) is 12.3. The molecular weight excluding hydrogens is 320 g/mol. The van der Waals surface area contributed by atoms with Gasteiger partial charge < -0.3 is 10.1 Å². The van der Waals surface area contributed by atoms with Crippen LogP contribution in [0.25, 0.3) is 0 Å². The van der Waals surface area contributed by atoms with Crippen molar-refractivity contribution in [2.24, 2.45) is 0 Å². The lowest BCUT2D eigenvalue weighted by atomic mass is 9.97. The maximum absolute atomic E-state index is 12.3. The number of amides is 1. The molecule has 1 atom stereocenters. The van der Waals surface area contributed by atoms with Gasteiger partial charge in [-0.15, -0.1) is 0 Å². The summed E-state index contributed by atoms with van der Waals surface area (Å²) in [6.45, 7) is 4.31. The summed E-state index contributed by atoms with van der Waals surface area (Å²) in [5, 5.41) is 6.11. The molecule has 2 aromatic rings. The number of ether oxygens (including phenoxy) is 1. The Morgan fingerprint density at radius 1 is 1.21 bits per heavy atom. The van der Waals surface area contributed by atoms with E-state index < -0.39 is 0 Å². The van der Waals surface area contributed by atoms with E-state index in [0.29, 0.717) is 17.2 Å². The fourth-order valence-electron chi connectivity index (χ4n) is 2.35. The van der Waals surface area contributed by atoms with E-state index in [1.807, 2.05) is 18.2 Å². The predicted octanol–water partition coefficient (Wildman–Crippen LogP) is 4.34. The highest BCUT2D eigenvalue weighted by atomic mass is 32.1. The molecule has 2 aromatic carbocycles. The third-order valence-electron chi connectivity index (χ3n) is 3.91. The number of nitrogens with one attached hydrogen (secondary N) is 2. The summed E-state index contributed by atoms with van der Waals surface area (Å²) < 4.78 is 5.13. The van der Waals surface area contributed by atoms with Gasteiger partial charge in [0.1, 0.15) is 5.75 Å². The van der Waals surface area contributed by atoms with E-state index in [-0.39, 0.29) is 11.0 Å². The highest BCUT2D eigenvalue weighted by Crippen LogP contribution is 2.26. The summed E-state index contributed by atoms with van der Waals surface area (Å²) in [5.74, 6) is 0.765.